The highest BCUT2D eigenvalue weighted by Crippen LogP contribution is 2.22. The van der Waals surface area contributed by atoms with Gasteiger partial charge in [0.25, 0.3) is 11.8 Å². The topological polar surface area (TPSA) is 80.9 Å². The molecule has 132 valence electrons. The summed E-state index contributed by atoms with van der Waals surface area (Å²) in [7, 11) is 0. The number of aryl methyl sites for hydroxylation is 1. The normalized spacial score (nSPS) is 10.6. The van der Waals surface area contributed by atoms with Gasteiger partial charge in [0, 0.05) is 22.9 Å². The molecule has 4 rings (SSSR count). The highest BCUT2D eigenvalue weighted by molar-refractivity contribution is 6.04. The van der Waals surface area contributed by atoms with E-state index in [2.05, 4.69) is 20.4 Å². The first-order valence-electron chi connectivity index (χ1n) is 8.42. The summed E-state index contributed by atoms with van der Waals surface area (Å²) in [6.45, 7) is 1.94. The van der Waals surface area contributed by atoms with E-state index in [9.17, 15) is 4.79 Å². The lowest BCUT2D eigenvalue weighted by molar-refractivity contribution is 0.102. The lowest BCUT2D eigenvalue weighted by Crippen LogP contribution is -2.12. The number of hydrogen-bond donors (Lipinski definition) is 1. The zero-order valence-electron chi connectivity index (χ0n) is 14.6. The Morgan fingerprint density at radius 2 is 1.74 bits per heavy atom. The van der Waals surface area contributed by atoms with Gasteiger partial charge in [-0.3, -0.25) is 4.79 Å². The summed E-state index contributed by atoms with van der Waals surface area (Å²) < 4.78 is 5.34. The van der Waals surface area contributed by atoms with E-state index in [0.29, 0.717) is 23.1 Å². The molecule has 6 nitrogen and oxygen atoms in total. The lowest BCUT2D eigenvalue weighted by atomic mass is 10.1. The monoisotopic (exact) mass is 356 g/mol. The Bertz CT molecular complexity index is 1070. The van der Waals surface area contributed by atoms with Crippen LogP contribution in [0.25, 0.3) is 22.8 Å². The van der Waals surface area contributed by atoms with Gasteiger partial charge in [-0.2, -0.15) is 4.98 Å². The second kappa shape index (κ2) is 7.21. The summed E-state index contributed by atoms with van der Waals surface area (Å²) in [6, 6.07) is 20.3. The lowest BCUT2D eigenvalue weighted by Gasteiger charge is -2.05. The zero-order valence-corrected chi connectivity index (χ0v) is 14.6. The van der Waals surface area contributed by atoms with Gasteiger partial charge >= 0.3 is 0 Å². The van der Waals surface area contributed by atoms with Crippen LogP contribution in [0.3, 0.4) is 0 Å². The van der Waals surface area contributed by atoms with E-state index in [1.54, 1.807) is 30.5 Å². The van der Waals surface area contributed by atoms with Gasteiger partial charge in [-0.05, 0) is 48.9 Å². The van der Waals surface area contributed by atoms with Gasteiger partial charge in [0.2, 0.25) is 5.82 Å². The van der Waals surface area contributed by atoms with E-state index in [0.717, 1.165) is 16.7 Å². The van der Waals surface area contributed by atoms with E-state index in [1.807, 2.05) is 49.4 Å². The van der Waals surface area contributed by atoms with Crippen LogP contribution in [-0.2, 0) is 0 Å². The fourth-order valence-electron chi connectivity index (χ4n) is 2.60. The molecule has 27 heavy (non-hydrogen) atoms. The summed E-state index contributed by atoms with van der Waals surface area (Å²) >= 11 is 0. The van der Waals surface area contributed by atoms with Crippen LogP contribution in [-0.4, -0.2) is 21.0 Å². The summed E-state index contributed by atoms with van der Waals surface area (Å²) in [5.74, 6) is 1.22. The molecule has 2 aromatic heterocycles. The molecule has 0 atom stereocenters. The van der Waals surface area contributed by atoms with Crippen molar-refractivity contribution in [3.8, 4) is 22.8 Å². The number of carbonyl (C=O) groups excluding carboxylic acids is 1. The van der Waals surface area contributed by atoms with Crippen LogP contribution in [0.5, 0.6) is 0 Å². The maximum absolute atomic E-state index is 12.4. The summed E-state index contributed by atoms with van der Waals surface area (Å²) in [6.07, 6.45) is 1.66. The molecule has 0 spiro atoms. The average molecular weight is 356 g/mol. The molecule has 2 aromatic carbocycles. The number of nitrogens with zero attached hydrogens (tertiary/aromatic N) is 3. The van der Waals surface area contributed by atoms with E-state index >= 15 is 0 Å². The zero-order chi connectivity index (χ0) is 18.6. The Balaban J connectivity index is 1.51. The summed E-state index contributed by atoms with van der Waals surface area (Å²) in [5, 5.41) is 6.79. The maximum Gasteiger partial charge on any atom is 0.258 e. The van der Waals surface area contributed by atoms with Crippen molar-refractivity contribution in [2.24, 2.45) is 0 Å². The molecule has 0 saturated heterocycles. The largest absolute Gasteiger partial charge is 0.334 e. The number of carbonyl (C=O) groups is 1. The number of rotatable bonds is 4. The van der Waals surface area contributed by atoms with Gasteiger partial charge in [-0.15, -0.1) is 0 Å². The Morgan fingerprint density at radius 1 is 0.963 bits per heavy atom. The predicted octanol–water partition coefficient (Wildman–Crippen LogP) is 4.36. The Hall–Kier alpha value is -3.80. The van der Waals surface area contributed by atoms with E-state index in [-0.39, 0.29) is 5.91 Å². The SMILES string of the molecule is Cc1ccnc(NC(=O)c2ccc(-c3nc(-c4ccccc4)no3)cc2)c1. The van der Waals surface area contributed by atoms with Crippen LogP contribution in [0.15, 0.2) is 77.4 Å². The molecule has 1 amide bonds. The first-order valence-corrected chi connectivity index (χ1v) is 8.42. The Labute approximate surface area is 155 Å². The van der Waals surface area contributed by atoms with Gasteiger partial charge in [0.05, 0.1) is 0 Å². The third-order valence-corrected chi connectivity index (χ3v) is 4.01. The Morgan fingerprint density at radius 3 is 2.48 bits per heavy atom. The molecule has 0 bridgehead atoms. The van der Waals surface area contributed by atoms with Crippen molar-refractivity contribution >= 4 is 11.7 Å². The molecular weight excluding hydrogens is 340 g/mol. The predicted molar refractivity (Wildman–Crippen MR) is 102 cm³/mol. The highest BCUT2D eigenvalue weighted by Gasteiger charge is 2.12. The molecule has 0 saturated carbocycles. The summed E-state index contributed by atoms with van der Waals surface area (Å²) in [5.41, 5.74) is 3.18. The van der Waals surface area contributed by atoms with E-state index in [4.69, 9.17) is 4.52 Å². The molecule has 1 N–H and O–H groups in total. The molecule has 0 fully saturated rings. The smallest absolute Gasteiger partial charge is 0.258 e. The van der Waals surface area contributed by atoms with Crippen LogP contribution >= 0.6 is 0 Å². The van der Waals surface area contributed by atoms with E-state index in [1.165, 1.54) is 0 Å². The standard InChI is InChI=1S/C21H16N4O2/c1-14-11-12-22-18(13-14)23-20(26)16-7-9-17(10-8-16)21-24-19(25-27-21)15-5-3-2-4-6-15/h2-13H,1H3,(H,22,23,26). The number of aromatic nitrogens is 3. The second-order valence-electron chi connectivity index (χ2n) is 6.04. The van der Waals surface area contributed by atoms with Crippen LogP contribution < -0.4 is 5.32 Å². The van der Waals surface area contributed by atoms with Crippen molar-refractivity contribution in [2.45, 2.75) is 6.92 Å². The Kier molecular flexibility index (Phi) is 4.45. The van der Waals surface area contributed by atoms with Crippen molar-refractivity contribution in [2.75, 3.05) is 5.32 Å². The third-order valence-electron chi connectivity index (χ3n) is 4.01. The first-order chi connectivity index (χ1) is 13.2. The highest BCUT2D eigenvalue weighted by atomic mass is 16.5. The van der Waals surface area contributed by atoms with Crippen molar-refractivity contribution in [1.29, 1.82) is 0 Å². The van der Waals surface area contributed by atoms with Gasteiger partial charge in [-0.1, -0.05) is 35.5 Å². The second-order valence-corrected chi connectivity index (χ2v) is 6.04. The van der Waals surface area contributed by atoms with Crippen LogP contribution in [0.2, 0.25) is 0 Å². The first kappa shape index (κ1) is 16.7. The number of hydrogen-bond acceptors (Lipinski definition) is 5. The molecule has 0 aliphatic rings. The van der Waals surface area contributed by atoms with Gasteiger partial charge < -0.3 is 9.84 Å². The number of nitrogens with one attached hydrogen (secondary N) is 1. The minimum atomic E-state index is -0.227. The fraction of sp³-hybridized carbons (Fsp3) is 0.0476. The number of benzene rings is 2. The molecule has 0 radical (unpaired) electrons. The molecule has 0 unspecified atom stereocenters. The average Bonchev–Trinajstić information content (AvgIpc) is 3.19. The molecule has 0 aliphatic heterocycles. The quantitative estimate of drug-likeness (QED) is 0.587. The fourth-order valence-corrected chi connectivity index (χ4v) is 2.60. The summed E-state index contributed by atoms with van der Waals surface area (Å²) in [4.78, 5) is 20.9. The molecular formula is C21H16N4O2. The van der Waals surface area contributed by atoms with Crippen molar-refractivity contribution in [3.63, 3.8) is 0 Å². The number of pyridine rings is 1. The van der Waals surface area contributed by atoms with Crippen molar-refractivity contribution < 1.29 is 9.32 Å². The molecule has 6 heteroatoms. The van der Waals surface area contributed by atoms with Crippen LogP contribution in [0, 0.1) is 6.92 Å². The molecule has 0 aliphatic carbocycles. The third kappa shape index (κ3) is 3.74. The number of anilines is 1. The minimum Gasteiger partial charge on any atom is -0.334 e. The van der Waals surface area contributed by atoms with Crippen molar-refractivity contribution in [3.05, 3.63) is 84.1 Å². The van der Waals surface area contributed by atoms with Gasteiger partial charge in [-0.25, -0.2) is 4.98 Å². The maximum atomic E-state index is 12.4. The van der Waals surface area contributed by atoms with Gasteiger partial charge in [0.15, 0.2) is 0 Å². The van der Waals surface area contributed by atoms with Crippen molar-refractivity contribution in [1.82, 2.24) is 15.1 Å². The van der Waals surface area contributed by atoms with Gasteiger partial charge in [0.1, 0.15) is 5.82 Å². The molecule has 2 heterocycles. The molecule has 4 aromatic rings. The van der Waals surface area contributed by atoms with Crippen LogP contribution in [0.1, 0.15) is 15.9 Å². The van der Waals surface area contributed by atoms with E-state index < -0.39 is 0 Å². The van der Waals surface area contributed by atoms with Crippen LogP contribution in [0.4, 0.5) is 5.82 Å². The number of amides is 1. The minimum absolute atomic E-state index is 0.227.